The van der Waals surface area contributed by atoms with E-state index in [0.717, 1.165) is 24.0 Å². The first kappa shape index (κ1) is 20.0. The fourth-order valence-corrected chi connectivity index (χ4v) is 5.31. The predicted octanol–water partition coefficient (Wildman–Crippen LogP) is 3.79. The molecule has 1 saturated heterocycles. The molecule has 3 atom stereocenters. The standard InChI is InChI=1S/C22H22ClN3O2S/c23-17-5-1-3-14(9-17)10-20-22(28)26-18-11-16(6-7-19(18)29-20)21(27)25-13-15-4-2-8-24-12-15/h1-5,8-10,12,16,18-19H,6-7,11,13H2,(H,25,27)(H,26,28)/b20-10+. The molecular weight excluding hydrogens is 406 g/mol. The van der Waals surface area contributed by atoms with Crippen LogP contribution in [0.15, 0.2) is 53.7 Å². The number of pyridine rings is 1. The van der Waals surface area contributed by atoms with E-state index in [9.17, 15) is 9.59 Å². The molecule has 2 aliphatic rings. The number of hydrogen-bond donors (Lipinski definition) is 2. The van der Waals surface area contributed by atoms with Gasteiger partial charge in [-0.05, 0) is 54.7 Å². The summed E-state index contributed by atoms with van der Waals surface area (Å²) in [4.78, 5) is 29.9. The summed E-state index contributed by atoms with van der Waals surface area (Å²) in [5.41, 5.74) is 1.89. The Morgan fingerprint density at radius 1 is 1.31 bits per heavy atom. The van der Waals surface area contributed by atoms with Crippen LogP contribution >= 0.6 is 23.4 Å². The van der Waals surface area contributed by atoms with Gasteiger partial charge in [-0.25, -0.2) is 0 Å². The second-order valence-corrected chi connectivity index (χ2v) is 9.11. The quantitative estimate of drug-likeness (QED) is 0.728. The number of fused-ring (bicyclic) bond motifs is 1. The molecule has 1 aliphatic carbocycles. The summed E-state index contributed by atoms with van der Waals surface area (Å²) in [5, 5.41) is 7.05. The molecule has 4 rings (SSSR count). The van der Waals surface area contributed by atoms with Gasteiger partial charge in [0.15, 0.2) is 0 Å². The molecule has 0 radical (unpaired) electrons. The van der Waals surface area contributed by atoms with Crippen LogP contribution in [-0.2, 0) is 16.1 Å². The lowest BCUT2D eigenvalue weighted by atomic mass is 9.84. The Morgan fingerprint density at radius 2 is 2.21 bits per heavy atom. The van der Waals surface area contributed by atoms with Gasteiger partial charge in [0.2, 0.25) is 5.91 Å². The zero-order chi connectivity index (χ0) is 20.2. The smallest absolute Gasteiger partial charge is 0.257 e. The molecule has 2 N–H and O–H groups in total. The number of carbonyl (C=O) groups excluding carboxylic acids is 2. The first-order valence-corrected chi connectivity index (χ1v) is 11.0. The van der Waals surface area contributed by atoms with Crippen molar-refractivity contribution in [2.24, 2.45) is 5.92 Å². The SMILES string of the molecule is O=C1NC2CC(C(=O)NCc3cccnc3)CCC2S/C1=C/c1cccc(Cl)c1. The zero-order valence-electron chi connectivity index (χ0n) is 15.8. The summed E-state index contributed by atoms with van der Waals surface area (Å²) in [6, 6.07) is 11.3. The Balaban J connectivity index is 1.35. The number of aromatic nitrogens is 1. The Kier molecular flexibility index (Phi) is 6.21. The second-order valence-electron chi connectivity index (χ2n) is 7.39. The number of amides is 2. The van der Waals surface area contributed by atoms with Crippen molar-refractivity contribution in [3.63, 3.8) is 0 Å². The van der Waals surface area contributed by atoms with E-state index < -0.39 is 0 Å². The van der Waals surface area contributed by atoms with Crippen molar-refractivity contribution in [3.05, 3.63) is 69.8 Å². The van der Waals surface area contributed by atoms with Gasteiger partial charge in [0.1, 0.15) is 0 Å². The third-order valence-electron chi connectivity index (χ3n) is 5.31. The van der Waals surface area contributed by atoms with Crippen molar-refractivity contribution in [2.75, 3.05) is 0 Å². The van der Waals surface area contributed by atoms with Gasteiger partial charge in [0.05, 0.1) is 4.91 Å². The summed E-state index contributed by atoms with van der Waals surface area (Å²) >= 11 is 7.66. The highest BCUT2D eigenvalue weighted by molar-refractivity contribution is 8.04. The number of hydrogen-bond acceptors (Lipinski definition) is 4. The van der Waals surface area contributed by atoms with Gasteiger partial charge in [-0.15, -0.1) is 11.8 Å². The Morgan fingerprint density at radius 3 is 3.00 bits per heavy atom. The van der Waals surface area contributed by atoms with E-state index >= 15 is 0 Å². The van der Waals surface area contributed by atoms with Gasteiger partial charge < -0.3 is 10.6 Å². The van der Waals surface area contributed by atoms with E-state index in [1.807, 2.05) is 42.5 Å². The summed E-state index contributed by atoms with van der Waals surface area (Å²) in [6.45, 7) is 0.477. The highest BCUT2D eigenvalue weighted by atomic mass is 35.5. The molecule has 3 unspecified atom stereocenters. The first-order chi connectivity index (χ1) is 14.1. The van der Waals surface area contributed by atoms with Gasteiger partial charge >= 0.3 is 0 Å². The fraction of sp³-hybridized carbons (Fsp3) is 0.318. The molecule has 2 amide bonds. The van der Waals surface area contributed by atoms with E-state index in [0.29, 0.717) is 28.1 Å². The number of nitrogens with zero attached hydrogens (tertiary/aromatic N) is 1. The molecule has 2 aromatic rings. The summed E-state index contributed by atoms with van der Waals surface area (Å²) in [5.74, 6) is -0.105. The van der Waals surface area contributed by atoms with E-state index in [4.69, 9.17) is 11.6 Å². The maximum Gasteiger partial charge on any atom is 0.257 e. The maximum absolute atomic E-state index is 12.6. The topological polar surface area (TPSA) is 71.1 Å². The number of rotatable bonds is 4. The van der Waals surface area contributed by atoms with Gasteiger partial charge in [0.25, 0.3) is 5.91 Å². The molecule has 0 bridgehead atoms. The molecule has 1 saturated carbocycles. The lowest BCUT2D eigenvalue weighted by molar-refractivity contribution is -0.127. The summed E-state index contributed by atoms with van der Waals surface area (Å²) < 4.78 is 0. The minimum atomic E-state index is -0.0766. The van der Waals surface area contributed by atoms with Gasteiger partial charge in [-0.2, -0.15) is 0 Å². The van der Waals surface area contributed by atoms with Crippen molar-refractivity contribution in [3.8, 4) is 0 Å². The predicted molar refractivity (Wildman–Crippen MR) is 116 cm³/mol. The number of thioether (sulfide) groups is 1. The molecule has 1 aromatic carbocycles. The average Bonchev–Trinajstić information content (AvgIpc) is 2.73. The molecule has 7 heteroatoms. The molecule has 1 aromatic heterocycles. The molecule has 5 nitrogen and oxygen atoms in total. The van der Waals surface area contributed by atoms with Crippen LogP contribution in [0.2, 0.25) is 5.02 Å². The van der Waals surface area contributed by atoms with E-state index in [2.05, 4.69) is 15.6 Å². The Hall–Kier alpha value is -2.31. The van der Waals surface area contributed by atoms with Crippen LogP contribution in [-0.4, -0.2) is 28.1 Å². The van der Waals surface area contributed by atoms with E-state index in [-0.39, 0.29) is 23.8 Å². The fourth-order valence-electron chi connectivity index (χ4n) is 3.81. The lowest BCUT2D eigenvalue weighted by Crippen LogP contribution is -2.51. The van der Waals surface area contributed by atoms with Gasteiger partial charge in [-0.1, -0.05) is 29.8 Å². The molecule has 2 heterocycles. The average molecular weight is 428 g/mol. The van der Waals surface area contributed by atoms with Crippen molar-refractivity contribution in [1.29, 1.82) is 0 Å². The van der Waals surface area contributed by atoms with Crippen LogP contribution in [0.25, 0.3) is 6.08 Å². The molecule has 29 heavy (non-hydrogen) atoms. The zero-order valence-corrected chi connectivity index (χ0v) is 17.4. The lowest BCUT2D eigenvalue weighted by Gasteiger charge is -2.39. The summed E-state index contributed by atoms with van der Waals surface area (Å²) in [7, 11) is 0. The normalized spacial score (nSPS) is 25.2. The maximum atomic E-state index is 12.6. The van der Waals surface area contributed by atoms with Crippen LogP contribution in [0.1, 0.15) is 30.4 Å². The molecule has 0 spiro atoms. The first-order valence-electron chi connectivity index (χ1n) is 9.70. The van der Waals surface area contributed by atoms with E-state index in [1.54, 1.807) is 24.2 Å². The third kappa shape index (κ3) is 5.00. The number of carbonyl (C=O) groups is 2. The van der Waals surface area contributed by atoms with Crippen LogP contribution in [0.3, 0.4) is 0 Å². The molecular formula is C22H22ClN3O2S. The van der Waals surface area contributed by atoms with Crippen molar-refractivity contribution < 1.29 is 9.59 Å². The van der Waals surface area contributed by atoms with Gasteiger partial charge in [0, 0.05) is 41.2 Å². The van der Waals surface area contributed by atoms with E-state index in [1.165, 1.54) is 0 Å². The number of nitrogens with one attached hydrogen (secondary N) is 2. The molecule has 150 valence electrons. The van der Waals surface area contributed by atoms with Crippen LogP contribution in [0.5, 0.6) is 0 Å². The number of benzene rings is 1. The minimum absolute atomic E-state index is 0.0203. The highest BCUT2D eigenvalue weighted by Gasteiger charge is 2.39. The van der Waals surface area contributed by atoms with Crippen LogP contribution < -0.4 is 10.6 Å². The number of halogens is 1. The molecule has 1 aliphatic heterocycles. The minimum Gasteiger partial charge on any atom is -0.352 e. The van der Waals surface area contributed by atoms with Gasteiger partial charge in [-0.3, -0.25) is 14.6 Å². The second kappa shape index (κ2) is 9.01. The van der Waals surface area contributed by atoms with Crippen LogP contribution in [0.4, 0.5) is 0 Å². The Labute approximate surface area is 179 Å². The van der Waals surface area contributed by atoms with Crippen molar-refractivity contribution >= 4 is 41.3 Å². The monoisotopic (exact) mass is 427 g/mol. The Bertz CT molecular complexity index is 935. The molecule has 2 fully saturated rings. The summed E-state index contributed by atoms with van der Waals surface area (Å²) in [6.07, 6.45) is 7.75. The third-order valence-corrected chi connectivity index (χ3v) is 6.97. The van der Waals surface area contributed by atoms with Crippen LogP contribution in [0, 0.1) is 5.92 Å². The largest absolute Gasteiger partial charge is 0.352 e. The van der Waals surface area contributed by atoms with Crippen molar-refractivity contribution in [2.45, 2.75) is 37.1 Å². The van der Waals surface area contributed by atoms with Crippen molar-refractivity contribution in [1.82, 2.24) is 15.6 Å². The highest BCUT2D eigenvalue weighted by Crippen LogP contribution is 2.40.